The Hall–Kier alpha value is -3.67. The van der Waals surface area contributed by atoms with Crippen LogP contribution >= 0.6 is 0 Å². The predicted octanol–water partition coefficient (Wildman–Crippen LogP) is 3.88. The predicted molar refractivity (Wildman–Crippen MR) is 106 cm³/mol. The maximum Gasteiger partial charge on any atom is 0.338 e. The number of rotatable bonds is 8. The Labute approximate surface area is 168 Å². The molecule has 3 aromatic rings. The van der Waals surface area contributed by atoms with E-state index >= 15 is 0 Å². The minimum absolute atomic E-state index is 0.0243. The first kappa shape index (κ1) is 20.1. The Morgan fingerprint density at radius 1 is 0.862 bits per heavy atom. The summed E-state index contributed by atoms with van der Waals surface area (Å²) in [5.41, 5.74) is 1.70. The van der Waals surface area contributed by atoms with Crippen molar-refractivity contribution in [3.8, 4) is 5.75 Å². The van der Waals surface area contributed by atoms with Crippen LogP contribution in [0.3, 0.4) is 0 Å². The van der Waals surface area contributed by atoms with Gasteiger partial charge in [0.25, 0.3) is 5.91 Å². The van der Waals surface area contributed by atoms with Gasteiger partial charge in [0.05, 0.1) is 5.56 Å². The molecule has 0 aromatic heterocycles. The lowest BCUT2D eigenvalue weighted by Gasteiger charge is -2.09. The molecule has 0 bridgehead atoms. The minimum atomic E-state index is -0.624. The molecule has 148 valence electrons. The van der Waals surface area contributed by atoms with Gasteiger partial charge in [-0.05, 0) is 35.9 Å². The van der Waals surface area contributed by atoms with Gasteiger partial charge in [-0.1, -0.05) is 48.5 Å². The van der Waals surface area contributed by atoms with E-state index in [1.807, 2.05) is 30.3 Å². The average molecular weight is 393 g/mol. The number of carbonyl (C=O) groups excluding carboxylic acids is 2. The van der Waals surface area contributed by atoms with Crippen LogP contribution in [0.2, 0.25) is 0 Å². The van der Waals surface area contributed by atoms with Crippen LogP contribution in [0, 0.1) is 5.82 Å². The smallest absolute Gasteiger partial charge is 0.338 e. The topological polar surface area (TPSA) is 64.6 Å². The summed E-state index contributed by atoms with van der Waals surface area (Å²) in [7, 11) is 0. The molecule has 0 saturated heterocycles. The van der Waals surface area contributed by atoms with Crippen molar-refractivity contribution in [3.05, 3.63) is 101 Å². The van der Waals surface area contributed by atoms with E-state index in [-0.39, 0.29) is 6.54 Å². The number of hydrogen-bond acceptors (Lipinski definition) is 4. The van der Waals surface area contributed by atoms with Gasteiger partial charge in [-0.2, -0.15) is 0 Å². The van der Waals surface area contributed by atoms with Gasteiger partial charge in [0.1, 0.15) is 18.2 Å². The van der Waals surface area contributed by atoms with Gasteiger partial charge in [0.2, 0.25) is 0 Å². The van der Waals surface area contributed by atoms with Crippen LogP contribution in [0.5, 0.6) is 5.75 Å². The molecular weight excluding hydrogens is 373 g/mol. The molecule has 0 heterocycles. The summed E-state index contributed by atoms with van der Waals surface area (Å²) in [4.78, 5) is 23.9. The highest BCUT2D eigenvalue weighted by molar-refractivity contribution is 5.91. The molecular formula is C23H20FNO4. The Balaban J connectivity index is 1.43. The third-order valence-electron chi connectivity index (χ3n) is 4.11. The number of benzene rings is 3. The van der Waals surface area contributed by atoms with E-state index in [4.69, 9.17) is 9.47 Å². The normalized spacial score (nSPS) is 10.2. The molecule has 0 aliphatic carbocycles. The maximum absolute atomic E-state index is 13.5. The van der Waals surface area contributed by atoms with Crippen LogP contribution in [0.4, 0.5) is 4.39 Å². The molecule has 1 N–H and O–H groups in total. The number of esters is 1. The van der Waals surface area contributed by atoms with E-state index in [0.717, 1.165) is 5.56 Å². The number of carbonyl (C=O) groups is 2. The van der Waals surface area contributed by atoms with Gasteiger partial charge in [-0.3, -0.25) is 4.79 Å². The third-order valence-corrected chi connectivity index (χ3v) is 4.11. The minimum Gasteiger partial charge on any atom is -0.489 e. The zero-order valence-corrected chi connectivity index (χ0v) is 15.6. The summed E-state index contributed by atoms with van der Waals surface area (Å²) in [6.45, 7) is 0.00284. The average Bonchev–Trinajstić information content (AvgIpc) is 2.76. The lowest BCUT2D eigenvalue weighted by Crippen LogP contribution is -2.28. The van der Waals surface area contributed by atoms with Crippen LogP contribution in [0.15, 0.2) is 78.9 Å². The molecule has 0 aliphatic heterocycles. The van der Waals surface area contributed by atoms with Gasteiger partial charge in [0.15, 0.2) is 6.61 Å². The lowest BCUT2D eigenvalue weighted by atomic mass is 10.2. The van der Waals surface area contributed by atoms with Crippen LogP contribution in [0.25, 0.3) is 0 Å². The van der Waals surface area contributed by atoms with E-state index < -0.39 is 24.3 Å². The fourth-order valence-electron chi connectivity index (χ4n) is 2.53. The summed E-state index contributed by atoms with van der Waals surface area (Å²) < 4.78 is 24.2. The molecule has 0 spiro atoms. The molecule has 0 unspecified atom stereocenters. The number of nitrogens with one attached hydrogen (secondary N) is 1. The number of ether oxygens (including phenoxy) is 2. The summed E-state index contributed by atoms with van der Waals surface area (Å²) in [5.74, 6) is -0.919. The first-order chi connectivity index (χ1) is 14.1. The number of amides is 1. The van der Waals surface area contributed by atoms with Crippen LogP contribution in [-0.4, -0.2) is 18.5 Å². The summed E-state index contributed by atoms with van der Waals surface area (Å²) >= 11 is 0. The molecule has 0 aliphatic rings. The Morgan fingerprint density at radius 2 is 1.55 bits per heavy atom. The molecule has 0 saturated carbocycles. The Bertz CT molecular complexity index is 958. The zero-order chi connectivity index (χ0) is 20.5. The molecule has 5 nitrogen and oxygen atoms in total. The van der Waals surface area contributed by atoms with Crippen LogP contribution in [0.1, 0.15) is 21.5 Å². The summed E-state index contributed by atoms with van der Waals surface area (Å²) in [6.07, 6.45) is 0. The quantitative estimate of drug-likeness (QED) is 0.590. The SMILES string of the molecule is O=C(COC(=O)c1ccc(OCc2ccccc2)cc1)NCc1ccccc1F. The summed E-state index contributed by atoms with van der Waals surface area (Å²) in [6, 6.07) is 22.3. The fourth-order valence-corrected chi connectivity index (χ4v) is 2.53. The number of hydrogen-bond donors (Lipinski definition) is 1. The molecule has 0 atom stereocenters. The Kier molecular flexibility index (Phi) is 6.95. The third kappa shape index (κ3) is 6.17. The largest absolute Gasteiger partial charge is 0.489 e. The van der Waals surface area contributed by atoms with Crippen molar-refractivity contribution in [3.63, 3.8) is 0 Å². The molecule has 3 aromatic carbocycles. The monoisotopic (exact) mass is 393 g/mol. The van der Waals surface area contributed by atoms with Crippen molar-refractivity contribution in [2.45, 2.75) is 13.2 Å². The second-order valence-electron chi connectivity index (χ2n) is 6.24. The van der Waals surface area contributed by atoms with Gasteiger partial charge in [-0.25, -0.2) is 9.18 Å². The van der Waals surface area contributed by atoms with Gasteiger partial charge >= 0.3 is 5.97 Å². The summed E-state index contributed by atoms with van der Waals surface area (Å²) in [5, 5.41) is 2.51. The molecule has 0 fully saturated rings. The zero-order valence-electron chi connectivity index (χ0n) is 15.6. The van der Waals surface area contributed by atoms with E-state index in [2.05, 4.69) is 5.32 Å². The maximum atomic E-state index is 13.5. The highest BCUT2D eigenvalue weighted by atomic mass is 19.1. The highest BCUT2D eigenvalue weighted by Crippen LogP contribution is 2.15. The van der Waals surface area contributed by atoms with Gasteiger partial charge in [-0.15, -0.1) is 0 Å². The fraction of sp³-hybridized carbons (Fsp3) is 0.130. The van der Waals surface area contributed by atoms with Crippen molar-refractivity contribution in [1.29, 1.82) is 0 Å². The second-order valence-corrected chi connectivity index (χ2v) is 6.24. The lowest BCUT2D eigenvalue weighted by molar-refractivity contribution is -0.124. The molecule has 1 amide bonds. The number of halogens is 1. The van der Waals surface area contributed by atoms with E-state index in [1.54, 1.807) is 42.5 Å². The van der Waals surface area contributed by atoms with Crippen molar-refractivity contribution >= 4 is 11.9 Å². The molecule has 0 radical (unpaired) electrons. The first-order valence-corrected chi connectivity index (χ1v) is 9.06. The van der Waals surface area contributed by atoms with Crippen LogP contribution < -0.4 is 10.1 Å². The molecule has 3 rings (SSSR count). The second kappa shape index (κ2) is 10.0. The Morgan fingerprint density at radius 3 is 2.28 bits per heavy atom. The van der Waals surface area contributed by atoms with Crippen LogP contribution in [-0.2, 0) is 22.7 Å². The van der Waals surface area contributed by atoms with E-state index in [1.165, 1.54) is 6.07 Å². The highest BCUT2D eigenvalue weighted by Gasteiger charge is 2.11. The standard InChI is InChI=1S/C23H20FNO4/c24-21-9-5-4-8-19(21)14-25-22(26)16-29-23(27)18-10-12-20(13-11-18)28-15-17-6-2-1-3-7-17/h1-13H,14-16H2,(H,25,26). The van der Waals surface area contributed by atoms with Crippen molar-refractivity contribution in [2.75, 3.05) is 6.61 Å². The van der Waals surface area contributed by atoms with Gasteiger partial charge in [0, 0.05) is 12.1 Å². The molecule has 29 heavy (non-hydrogen) atoms. The first-order valence-electron chi connectivity index (χ1n) is 9.06. The molecule has 6 heteroatoms. The van der Waals surface area contributed by atoms with Crippen molar-refractivity contribution < 1.29 is 23.5 Å². The van der Waals surface area contributed by atoms with Crippen molar-refractivity contribution in [2.24, 2.45) is 0 Å². The van der Waals surface area contributed by atoms with E-state index in [0.29, 0.717) is 23.5 Å². The van der Waals surface area contributed by atoms with Gasteiger partial charge < -0.3 is 14.8 Å². The van der Waals surface area contributed by atoms with Crippen molar-refractivity contribution in [1.82, 2.24) is 5.32 Å². The van der Waals surface area contributed by atoms with E-state index in [9.17, 15) is 14.0 Å².